The Kier molecular flexibility index (Phi) is 9.45. The Morgan fingerprint density at radius 3 is 2.15 bits per heavy atom. The van der Waals surface area contributed by atoms with Gasteiger partial charge in [-0.1, -0.05) is 0 Å². The zero-order valence-corrected chi connectivity index (χ0v) is 19.1. The van der Waals surface area contributed by atoms with Gasteiger partial charge >= 0.3 is 18.3 Å². The molecule has 2 aromatic rings. The SMILES string of the molecule is CCOCCCN(Cc1nc(C(=O)OCC)cs1)C(=O)c1cc(C(F)(F)F)cc(C(F)(F)F)c1. The number of aromatic nitrogens is 1. The van der Waals surface area contributed by atoms with Crippen LogP contribution in [0.1, 0.15) is 57.2 Å². The third kappa shape index (κ3) is 7.69. The molecule has 0 aliphatic rings. The molecule has 0 N–H and O–H groups in total. The molecule has 6 nitrogen and oxygen atoms in total. The van der Waals surface area contributed by atoms with Gasteiger partial charge in [-0.15, -0.1) is 11.3 Å². The first-order valence-electron chi connectivity index (χ1n) is 10.1. The van der Waals surface area contributed by atoms with Crippen molar-refractivity contribution in [2.45, 2.75) is 39.2 Å². The number of rotatable bonds is 10. The van der Waals surface area contributed by atoms with Gasteiger partial charge < -0.3 is 14.4 Å². The fraction of sp³-hybridized carbons (Fsp3) is 0.476. The van der Waals surface area contributed by atoms with E-state index in [4.69, 9.17) is 9.47 Å². The molecule has 34 heavy (non-hydrogen) atoms. The molecule has 0 bridgehead atoms. The van der Waals surface area contributed by atoms with Crippen LogP contribution in [-0.4, -0.2) is 48.1 Å². The van der Waals surface area contributed by atoms with E-state index in [9.17, 15) is 35.9 Å². The Labute approximate surface area is 195 Å². The minimum Gasteiger partial charge on any atom is -0.461 e. The molecular weight excluding hydrogens is 490 g/mol. The van der Waals surface area contributed by atoms with Crippen molar-refractivity contribution in [3.63, 3.8) is 0 Å². The molecule has 0 spiro atoms. The molecule has 13 heteroatoms. The summed E-state index contributed by atoms with van der Waals surface area (Å²) in [5.74, 6) is -1.73. The van der Waals surface area contributed by atoms with E-state index in [-0.39, 0.29) is 49.5 Å². The maximum atomic E-state index is 13.2. The Morgan fingerprint density at radius 1 is 1.00 bits per heavy atom. The first kappa shape index (κ1) is 27.6. The van der Waals surface area contributed by atoms with Gasteiger partial charge in [-0.25, -0.2) is 9.78 Å². The molecule has 0 aliphatic carbocycles. The van der Waals surface area contributed by atoms with Crippen LogP contribution < -0.4 is 0 Å². The molecule has 188 valence electrons. The van der Waals surface area contributed by atoms with Crippen LogP contribution in [0.3, 0.4) is 0 Å². The van der Waals surface area contributed by atoms with Crippen LogP contribution in [-0.2, 0) is 28.4 Å². The standard InChI is InChI=1S/C21H22F6N2O4S/c1-3-32-7-5-6-29(11-17-28-16(12-34-17)19(31)33-4-2)18(30)13-8-14(20(22,23)24)10-15(9-13)21(25,26)27/h8-10,12H,3-7,11H2,1-2H3. The molecule has 2 rings (SSSR count). The predicted molar refractivity (Wildman–Crippen MR) is 110 cm³/mol. The molecule has 0 fully saturated rings. The van der Waals surface area contributed by atoms with E-state index < -0.39 is 40.9 Å². The average molecular weight is 512 g/mol. The van der Waals surface area contributed by atoms with Gasteiger partial charge in [0.05, 0.1) is 24.3 Å². The number of carbonyl (C=O) groups is 2. The molecule has 0 radical (unpaired) electrons. The van der Waals surface area contributed by atoms with Crippen LogP contribution in [0.2, 0.25) is 0 Å². The lowest BCUT2D eigenvalue weighted by Crippen LogP contribution is -2.32. The number of hydrogen-bond acceptors (Lipinski definition) is 6. The van der Waals surface area contributed by atoms with Gasteiger partial charge in [0.2, 0.25) is 0 Å². The van der Waals surface area contributed by atoms with Gasteiger partial charge in [-0.3, -0.25) is 4.79 Å². The third-order valence-corrected chi connectivity index (χ3v) is 5.24. The number of alkyl halides is 6. The van der Waals surface area contributed by atoms with Crippen molar-refractivity contribution >= 4 is 23.2 Å². The first-order chi connectivity index (χ1) is 15.9. The molecule has 1 heterocycles. The molecule has 0 aliphatic heterocycles. The van der Waals surface area contributed by atoms with E-state index in [1.54, 1.807) is 13.8 Å². The number of halogens is 6. The summed E-state index contributed by atoms with van der Waals surface area (Å²) in [6, 6.07) is 0.737. The fourth-order valence-electron chi connectivity index (χ4n) is 2.86. The summed E-state index contributed by atoms with van der Waals surface area (Å²) in [4.78, 5) is 30.0. The fourth-order valence-corrected chi connectivity index (χ4v) is 3.64. The Balaban J connectivity index is 2.38. The summed E-state index contributed by atoms with van der Waals surface area (Å²) in [5.41, 5.74) is -3.94. The number of ether oxygens (including phenoxy) is 2. The zero-order valence-electron chi connectivity index (χ0n) is 18.3. The lowest BCUT2D eigenvalue weighted by molar-refractivity contribution is -0.143. The molecule has 1 amide bonds. The number of nitrogens with zero attached hydrogens (tertiary/aromatic N) is 2. The molecule has 0 saturated carbocycles. The summed E-state index contributed by atoms with van der Waals surface area (Å²) in [6.45, 7) is 3.83. The lowest BCUT2D eigenvalue weighted by Gasteiger charge is -2.23. The van der Waals surface area contributed by atoms with Gasteiger partial charge in [-0.2, -0.15) is 26.3 Å². The number of thiazole rings is 1. The molecule has 0 atom stereocenters. The largest absolute Gasteiger partial charge is 0.461 e. The Morgan fingerprint density at radius 2 is 1.62 bits per heavy atom. The van der Waals surface area contributed by atoms with E-state index in [1.807, 2.05) is 0 Å². The highest BCUT2D eigenvalue weighted by atomic mass is 32.1. The van der Waals surface area contributed by atoms with Gasteiger partial charge in [0.1, 0.15) is 5.01 Å². The van der Waals surface area contributed by atoms with E-state index in [0.717, 1.165) is 16.2 Å². The smallest absolute Gasteiger partial charge is 0.416 e. The van der Waals surface area contributed by atoms with Gasteiger partial charge in [0.25, 0.3) is 5.91 Å². The van der Waals surface area contributed by atoms with Crippen molar-refractivity contribution < 1.29 is 45.4 Å². The molecule has 1 aromatic carbocycles. The highest BCUT2D eigenvalue weighted by molar-refractivity contribution is 7.09. The summed E-state index contributed by atoms with van der Waals surface area (Å²) in [5, 5.41) is 1.65. The number of esters is 1. The van der Waals surface area contributed by atoms with Gasteiger partial charge in [0.15, 0.2) is 5.69 Å². The lowest BCUT2D eigenvalue weighted by atomic mass is 10.0. The van der Waals surface area contributed by atoms with Crippen molar-refractivity contribution in [1.29, 1.82) is 0 Å². The second-order valence-corrected chi connectivity index (χ2v) is 7.86. The summed E-state index contributed by atoms with van der Waals surface area (Å²) < 4.78 is 89.3. The van der Waals surface area contributed by atoms with Crippen LogP contribution in [0.15, 0.2) is 23.6 Å². The van der Waals surface area contributed by atoms with Crippen LogP contribution in [0.25, 0.3) is 0 Å². The molecular formula is C21H22F6N2O4S. The number of benzene rings is 1. The molecule has 0 saturated heterocycles. The van der Waals surface area contributed by atoms with Crippen LogP contribution in [0.5, 0.6) is 0 Å². The number of amides is 1. The van der Waals surface area contributed by atoms with Crippen molar-refractivity contribution in [2.75, 3.05) is 26.4 Å². The second kappa shape index (κ2) is 11.6. The van der Waals surface area contributed by atoms with Crippen molar-refractivity contribution in [2.24, 2.45) is 0 Å². The van der Waals surface area contributed by atoms with Crippen molar-refractivity contribution in [3.05, 3.63) is 51.0 Å². The van der Waals surface area contributed by atoms with Gasteiger partial charge in [-0.05, 0) is 38.5 Å². The topological polar surface area (TPSA) is 68.7 Å². The van der Waals surface area contributed by atoms with Gasteiger partial charge in [0, 0.05) is 30.7 Å². The minimum atomic E-state index is -5.08. The van der Waals surface area contributed by atoms with Crippen molar-refractivity contribution in [1.82, 2.24) is 9.88 Å². The number of carbonyl (C=O) groups excluding carboxylic acids is 2. The quantitative estimate of drug-likeness (QED) is 0.241. The van der Waals surface area contributed by atoms with Crippen molar-refractivity contribution in [3.8, 4) is 0 Å². The molecule has 0 unspecified atom stereocenters. The van der Waals surface area contributed by atoms with Crippen LogP contribution in [0, 0.1) is 0 Å². The van der Waals surface area contributed by atoms with Crippen LogP contribution in [0.4, 0.5) is 26.3 Å². The Hall–Kier alpha value is -2.67. The van der Waals surface area contributed by atoms with E-state index in [2.05, 4.69) is 4.98 Å². The maximum absolute atomic E-state index is 13.2. The Bertz CT molecular complexity index is 958. The highest BCUT2D eigenvalue weighted by Gasteiger charge is 2.38. The summed E-state index contributed by atoms with van der Waals surface area (Å²) >= 11 is 1.01. The maximum Gasteiger partial charge on any atom is 0.416 e. The van der Waals surface area contributed by atoms with Crippen LogP contribution >= 0.6 is 11.3 Å². The first-order valence-corrected chi connectivity index (χ1v) is 11.0. The number of hydrogen-bond donors (Lipinski definition) is 0. The second-order valence-electron chi connectivity index (χ2n) is 6.92. The third-order valence-electron chi connectivity index (χ3n) is 4.41. The monoisotopic (exact) mass is 512 g/mol. The predicted octanol–water partition coefficient (Wildman–Crippen LogP) is 5.43. The van der Waals surface area contributed by atoms with E-state index in [1.165, 1.54) is 5.38 Å². The summed E-state index contributed by atoms with van der Waals surface area (Å²) in [7, 11) is 0. The summed E-state index contributed by atoms with van der Waals surface area (Å²) in [6.07, 6.45) is -9.89. The highest BCUT2D eigenvalue weighted by Crippen LogP contribution is 2.36. The molecule has 1 aromatic heterocycles. The normalized spacial score (nSPS) is 12.0. The van der Waals surface area contributed by atoms with E-state index in [0.29, 0.717) is 18.7 Å². The average Bonchev–Trinajstić information content (AvgIpc) is 3.23. The van der Waals surface area contributed by atoms with E-state index >= 15 is 0 Å². The minimum absolute atomic E-state index is 0.0120. The zero-order chi connectivity index (χ0) is 25.5.